The Morgan fingerprint density at radius 2 is 1.28 bits per heavy atom. The average Bonchev–Trinajstić information content (AvgIpc) is 3.38. The summed E-state index contributed by atoms with van der Waals surface area (Å²) in [6, 6.07) is 6.06. The number of nitrogens with zero attached hydrogens (tertiary/aromatic N) is 3. The summed E-state index contributed by atoms with van der Waals surface area (Å²) >= 11 is 0.716. The minimum Gasteiger partial charge on any atom is -0.744 e. The molecule has 2 heterocycles. The van der Waals surface area contributed by atoms with Gasteiger partial charge < -0.3 is 19.6 Å². The SMILES string of the molecule is CC1=NN(c2cc(SOO[O-])ccc2S(=O)(=O)[O-])C(=O)C1=Cc1c(C)[nH]n(-c2cc(SOO[O-])ccc2S(=O)(=O)[O-])c1=O.[K+].[K+].[K+].[K+]. The number of hydrogen-bond acceptors (Lipinski definition) is 17. The van der Waals surface area contributed by atoms with Gasteiger partial charge in [-0.2, -0.15) is 18.8 Å². The molecule has 0 aliphatic carbocycles. The van der Waals surface area contributed by atoms with E-state index in [0.29, 0.717) is 33.8 Å². The normalized spacial score (nSPS) is 13.7. The first kappa shape index (κ1) is 50.2. The Balaban J connectivity index is 0.00000529. The zero-order chi connectivity index (χ0) is 31.7. The van der Waals surface area contributed by atoms with Gasteiger partial charge in [-0.05, 0) is 56.3 Å². The van der Waals surface area contributed by atoms with Crippen LogP contribution in [0, 0.1) is 6.92 Å². The zero-order valence-electron chi connectivity index (χ0n) is 25.2. The Morgan fingerprint density at radius 3 is 1.74 bits per heavy atom. The van der Waals surface area contributed by atoms with Crippen LogP contribution in [-0.4, -0.2) is 47.3 Å². The van der Waals surface area contributed by atoms with Gasteiger partial charge in [0.2, 0.25) is 0 Å². The van der Waals surface area contributed by atoms with E-state index in [1.807, 2.05) is 0 Å². The molecule has 0 saturated carbocycles. The molecule has 3 aromatic rings. The third-order valence-corrected chi connectivity index (χ3v) is 8.56. The molecule has 1 amide bonds. The van der Waals surface area contributed by atoms with Gasteiger partial charge in [0, 0.05) is 15.5 Å². The first-order valence-corrected chi connectivity index (χ1v) is 15.4. The van der Waals surface area contributed by atoms with E-state index in [0.717, 1.165) is 42.5 Å². The number of rotatable bonds is 11. The van der Waals surface area contributed by atoms with Gasteiger partial charge in [0.25, 0.3) is 11.5 Å². The topological polar surface area (TPSA) is 268 Å². The monoisotopic (exact) mass is 830 g/mol. The molecule has 18 nitrogen and oxygen atoms in total. The molecular formula is C21H14K4N4O14S4. The van der Waals surface area contributed by atoms with Crippen molar-refractivity contribution in [3.63, 3.8) is 0 Å². The third kappa shape index (κ3) is 12.6. The molecule has 0 bridgehead atoms. The van der Waals surface area contributed by atoms with Crippen LogP contribution in [0.1, 0.15) is 18.2 Å². The average molecular weight is 831 g/mol. The quantitative estimate of drug-likeness (QED) is 0.0469. The van der Waals surface area contributed by atoms with Crippen molar-refractivity contribution in [2.45, 2.75) is 33.4 Å². The summed E-state index contributed by atoms with van der Waals surface area (Å²) in [5.74, 6) is -0.965. The number of amides is 1. The number of nitrogens with one attached hydrogen (secondary N) is 1. The maximum absolute atomic E-state index is 13.4. The molecule has 0 radical (unpaired) electrons. The van der Waals surface area contributed by atoms with Crippen LogP contribution in [0.15, 0.2) is 71.4 Å². The summed E-state index contributed by atoms with van der Waals surface area (Å²) in [6.07, 6.45) is 1.09. The second-order valence-corrected chi connectivity index (χ2v) is 12.5. The molecule has 230 valence electrons. The van der Waals surface area contributed by atoms with Crippen LogP contribution in [-0.2, 0) is 43.8 Å². The molecule has 0 saturated heterocycles. The number of carbonyl (C=O) groups excluding carboxylic acids is 1. The van der Waals surface area contributed by atoms with Crippen molar-refractivity contribution >= 4 is 67.7 Å². The molecule has 26 heteroatoms. The van der Waals surface area contributed by atoms with E-state index < -0.39 is 52.9 Å². The predicted octanol–water partition coefficient (Wildman–Crippen LogP) is -12.4. The number of aromatic nitrogens is 2. The number of benzene rings is 2. The minimum absolute atomic E-state index is 0. The summed E-state index contributed by atoms with van der Waals surface area (Å²) in [6.45, 7) is 2.75. The minimum atomic E-state index is -5.14. The fourth-order valence-electron chi connectivity index (χ4n) is 3.86. The Hall–Kier alpha value is 3.16. The summed E-state index contributed by atoms with van der Waals surface area (Å²) in [5.41, 5.74) is -2.19. The molecule has 1 aliphatic rings. The van der Waals surface area contributed by atoms with Crippen molar-refractivity contribution in [3.8, 4) is 5.69 Å². The Kier molecular flexibility index (Phi) is 23.4. The molecule has 47 heavy (non-hydrogen) atoms. The number of hydrogen-bond donors (Lipinski definition) is 1. The van der Waals surface area contributed by atoms with Crippen molar-refractivity contribution in [2.75, 3.05) is 5.01 Å². The maximum Gasteiger partial charge on any atom is 1.00 e. The molecule has 1 aliphatic heterocycles. The number of hydrazone groups is 1. The summed E-state index contributed by atoms with van der Waals surface area (Å²) in [5, 5.41) is 34.1. The molecule has 4 rings (SSSR count). The molecule has 2 aromatic carbocycles. The van der Waals surface area contributed by atoms with E-state index in [1.165, 1.54) is 13.8 Å². The van der Waals surface area contributed by atoms with E-state index in [4.69, 9.17) is 0 Å². The van der Waals surface area contributed by atoms with Crippen molar-refractivity contribution < 1.29 is 266 Å². The fourth-order valence-corrected chi connectivity index (χ4v) is 5.92. The first-order chi connectivity index (χ1) is 20.2. The second-order valence-electron chi connectivity index (χ2n) is 8.26. The Bertz CT molecular complexity index is 1950. The van der Waals surface area contributed by atoms with Crippen molar-refractivity contribution in [2.24, 2.45) is 5.10 Å². The molecule has 0 atom stereocenters. The van der Waals surface area contributed by atoms with Crippen molar-refractivity contribution in [1.82, 2.24) is 9.78 Å². The number of aryl methyl sites for hydroxylation is 1. The van der Waals surface area contributed by atoms with E-state index in [2.05, 4.69) is 28.9 Å². The third-order valence-electron chi connectivity index (χ3n) is 5.65. The van der Waals surface area contributed by atoms with Gasteiger partial charge in [-0.15, -0.1) is 0 Å². The number of anilines is 1. The fraction of sp³-hybridized carbons (Fsp3) is 0.0952. The van der Waals surface area contributed by atoms with Crippen LogP contribution in [0.5, 0.6) is 0 Å². The van der Waals surface area contributed by atoms with Gasteiger partial charge in [0.05, 0.1) is 62.1 Å². The smallest absolute Gasteiger partial charge is 0.744 e. The Labute approximate surface area is 445 Å². The van der Waals surface area contributed by atoms with Crippen LogP contribution < -0.4 is 227 Å². The van der Waals surface area contributed by atoms with Crippen LogP contribution in [0.3, 0.4) is 0 Å². The second kappa shape index (κ2) is 21.9. The molecular weight excluding hydrogens is 817 g/mol. The van der Waals surface area contributed by atoms with Gasteiger partial charge in [-0.25, -0.2) is 21.5 Å². The van der Waals surface area contributed by atoms with Crippen LogP contribution in [0.25, 0.3) is 11.8 Å². The predicted molar refractivity (Wildman–Crippen MR) is 138 cm³/mol. The van der Waals surface area contributed by atoms with E-state index in [9.17, 15) is 46.0 Å². The van der Waals surface area contributed by atoms with Gasteiger partial charge >= 0.3 is 206 Å². The number of H-pyrrole nitrogens is 1. The van der Waals surface area contributed by atoms with Crippen LogP contribution >= 0.6 is 24.1 Å². The molecule has 0 fully saturated rings. The standard InChI is InChI=1S/C21H18N4O14S4.4K/c1-10-14(20(26)24(22-10)16-7-12(40-38-36-28)3-5-18(16)42(30,31)32)9-15-11(2)23-25(21(15)27)17-8-13(41-39-37-29)4-6-19(17)43(33,34)35;;;;/h3-9,22,28-29H,1-2H3,(H,30,31,32)(H,33,34,35);;;;/q;4*+1/p-4. The number of aromatic amines is 1. The molecule has 1 N–H and O–H groups in total. The molecule has 0 spiro atoms. The van der Waals surface area contributed by atoms with Gasteiger partial charge in [-0.3, -0.25) is 24.8 Å². The summed E-state index contributed by atoms with van der Waals surface area (Å²) in [4.78, 5) is 25.3. The van der Waals surface area contributed by atoms with Gasteiger partial charge in [0.1, 0.15) is 20.2 Å². The van der Waals surface area contributed by atoms with Crippen LogP contribution in [0.2, 0.25) is 0 Å². The number of carbonyl (C=O) groups is 1. The zero-order valence-corrected chi connectivity index (χ0v) is 41.0. The van der Waals surface area contributed by atoms with Crippen LogP contribution in [0.4, 0.5) is 5.69 Å². The van der Waals surface area contributed by atoms with E-state index >= 15 is 0 Å². The Morgan fingerprint density at radius 1 is 0.809 bits per heavy atom. The molecule has 1 aromatic heterocycles. The molecule has 0 unspecified atom stereocenters. The largest absolute Gasteiger partial charge is 1.00 e. The summed E-state index contributed by atoms with van der Waals surface area (Å²) in [7, 11) is -10.3. The van der Waals surface area contributed by atoms with Crippen molar-refractivity contribution in [3.05, 3.63) is 63.6 Å². The first-order valence-electron chi connectivity index (χ1n) is 11.1. The van der Waals surface area contributed by atoms with E-state index in [1.54, 1.807) is 0 Å². The van der Waals surface area contributed by atoms with E-state index in [-0.39, 0.29) is 238 Å². The van der Waals surface area contributed by atoms with Crippen molar-refractivity contribution in [1.29, 1.82) is 0 Å². The summed E-state index contributed by atoms with van der Waals surface area (Å²) < 4.78 is 80.5. The van der Waals surface area contributed by atoms with Gasteiger partial charge in [-0.1, -0.05) is 0 Å². The van der Waals surface area contributed by atoms with Gasteiger partial charge in [0.15, 0.2) is 0 Å². The maximum atomic E-state index is 13.4.